The van der Waals surface area contributed by atoms with Crippen molar-refractivity contribution in [1.82, 2.24) is 9.47 Å². The fourth-order valence-corrected chi connectivity index (χ4v) is 3.16. The van der Waals surface area contributed by atoms with Crippen molar-refractivity contribution in [2.24, 2.45) is 0 Å². The van der Waals surface area contributed by atoms with Crippen LogP contribution in [0.3, 0.4) is 0 Å². The number of aromatic nitrogens is 1. The van der Waals surface area contributed by atoms with Crippen LogP contribution in [0, 0.1) is 5.82 Å². The van der Waals surface area contributed by atoms with Gasteiger partial charge >= 0.3 is 0 Å². The van der Waals surface area contributed by atoms with Crippen LogP contribution in [0.2, 0.25) is 0 Å². The zero-order chi connectivity index (χ0) is 16.4. The first-order valence-corrected chi connectivity index (χ1v) is 8.13. The highest BCUT2D eigenvalue weighted by atomic mass is 19.1. The molecule has 1 saturated heterocycles. The maximum absolute atomic E-state index is 14.0. The Kier molecular flexibility index (Phi) is 4.15. The summed E-state index contributed by atoms with van der Waals surface area (Å²) in [6.07, 6.45) is 3.75. The van der Waals surface area contributed by atoms with Gasteiger partial charge in [-0.25, -0.2) is 4.39 Å². The number of hydrogen-bond donors (Lipinski definition) is 0. The summed E-state index contributed by atoms with van der Waals surface area (Å²) in [5, 5.41) is 0. The van der Waals surface area contributed by atoms with Crippen LogP contribution in [-0.4, -0.2) is 22.6 Å². The van der Waals surface area contributed by atoms with Gasteiger partial charge < -0.3 is 9.30 Å². The molecule has 0 radical (unpaired) electrons. The lowest BCUT2D eigenvalue weighted by Crippen LogP contribution is -2.23. The van der Waals surface area contributed by atoms with Crippen molar-refractivity contribution in [1.29, 1.82) is 0 Å². The van der Waals surface area contributed by atoms with E-state index in [1.54, 1.807) is 12.1 Å². The molecular weight excluding hydrogens is 303 g/mol. The first-order valence-electron chi connectivity index (χ1n) is 8.13. The van der Waals surface area contributed by atoms with Crippen molar-refractivity contribution in [3.63, 3.8) is 0 Å². The van der Waals surface area contributed by atoms with Crippen molar-refractivity contribution in [2.75, 3.05) is 13.2 Å². The summed E-state index contributed by atoms with van der Waals surface area (Å²) in [6.45, 7) is 2.45. The molecule has 1 fully saturated rings. The number of hydrogen-bond acceptors (Lipinski definition) is 2. The molecule has 0 bridgehead atoms. The molecule has 3 nitrogen and oxygen atoms in total. The third-order valence-electron chi connectivity index (χ3n) is 4.35. The van der Waals surface area contributed by atoms with Crippen LogP contribution in [0.15, 0.2) is 73.1 Å². The van der Waals surface area contributed by atoms with Gasteiger partial charge in [0, 0.05) is 31.0 Å². The van der Waals surface area contributed by atoms with E-state index in [-0.39, 0.29) is 12.0 Å². The SMILES string of the molecule is Fc1ccccc1-n1ccc(C2OCCN2Cc2ccccc2)c1. The van der Waals surface area contributed by atoms with E-state index in [0.29, 0.717) is 12.3 Å². The minimum atomic E-state index is -0.229. The van der Waals surface area contributed by atoms with Crippen molar-refractivity contribution in [2.45, 2.75) is 12.8 Å². The molecule has 1 aliphatic rings. The number of ether oxygens (including phenoxy) is 1. The van der Waals surface area contributed by atoms with Crippen molar-refractivity contribution >= 4 is 0 Å². The predicted octanol–water partition coefficient (Wildman–Crippen LogP) is 4.15. The van der Waals surface area contributed by atoms with Crippen LogP contribution < -0.4 is 0 Å². The Bertz CT molecular complexity index is 815. The van der Waals surface area contributed by atoms with Crippen molar-refractivity contribution in [3.8, 4) is 5.69 Å². The molecule has 0 spiro atoms. The second-order valence-electron chi connectivity index (χ2n) is 5.98. The highest BCUT2D eigenvalue weighted by molar-refractivity contribution is 5.35. The molecule has 1 aliphatic heterocycles. The van der Waals surface area contributed by atoms with E-state index in [4.69, 9.17) is 4.74 Å². The molecule has 4 rings (SSSR count). The van der Waals surface area contributed by atoms with E-state index in [1.807, 2.05) is 35.2 Å². The molecule has 0 aliphatic carbocycles. The standard InChI is InChI=1S/C20H19FN2O/c21-18-8-4-5-9-19(18)22-11-10-17(15-22)20-23(12-13-24-20)14-16-6-2-1-3-7-16/h1-11,15,20H,12-14H2. The first-order chi connectivity index (χ1) is 11.8. The summed E-state index contributed by atoms with van der Waals surface area (Å²) in [5.74, 6) is -0.229. The number of halogens is 1. The van der Waals surface area contributed by atoms with Crippen LogP contribution in [-0.2, 0) is 11.3 Å². The average Bonchev–Trinajstić information content (AvgIpc) is 3.25. The summed E-state index contributed by atoms with van der Waals surface area (Å²) in [6, 6.07) is 19.2. The van der Waals surface area contributed by atoms with E-state index in [1.165, 1.54) is 11.6 Å². The van der Waals surface area contributed by atoms with Crippen molar-refractivity contribution < 1.29 is 9.13 Å². The fraction of sp³-hybridized carbons (Fsp3) is 0.200. The van der Waals surface area contributed by atoms with Gasteiger partial charge in [-0.2, -0.15) is 0 Å². The molecule has 2 heterocycles. The minimum absolute atomic E-state index is 0.0850. The molecule has 2 aromatic carbocycles. The molecule has 4 heteroatoms. The average molecular weight is 322 g/mol. The highest BCUT2D eigenvalue weighted by Gasteiger charge is 2.27. The zero-order valence-electron chi connectivity index (χ0n) is 13.3. The topological polar surface area (TPSA) is 17.4 Å². The van der Waals surface area contributed by atoms with E-state index in [0.717, 1.165) is 18.7 Å². The van der Waals surface area contributed by atoms with E-state index < -0.39 is 0 Å². The Labute approximate surface area is 140 Å². The lowest BCUT2D eigenvalue weighted by molar-refractivity contribution is 0.0288. The largest absolute Gasteiger partial charge is 0.357 e. The summed E-state index contributed by atoms with van der Waals surface area (Å²) in [5.41, 5.74) is 2.87. The molecule has 122 valence electrons. The molecule has 1 unspecified atom stereocenters. The Morgan fingerprint density at radius 2 is 1.79 bits per heavy atom. The summed E-state index contributed by atoms with van der Waals surface area (Å²) in [7, 11) is 0. The summed E-state index contributed by atoms with van der Waals surface area (Å²) in [4.78, 5) is 2.30. The number of para-hydroxylation sites is 1. The minimum Gasteiger partial charge on any atom is -0.357 e. The maximum Gasteiger partial charge on any atom is 0.147 e. The molecule has 0 amide bonds. The van der Waals surface area contributed by atoms with Crippen LogP contribution in [0.25, 0.3) is 5.69 Å². The van der Waals surface area contributed by atoms with Gasteiger partial charge in [-0.1, -0.05) is 42.5 Å². The molecular formula is C20H19FN2O. The van der Waals surface area contributed by atoms with Crippen LogP contribution in [0.1, 0.15) is 17.4 Å². The highest BCUT2D eigenvalue weighted by Crippen LogP contribution is 2.29. The molecule has 1 aromatic heterocycles. The van der Waals surface area contributed by atoms with Crippen LogP contribution in [0.5, 0.6) is 0 Å². The smallest absolute Gasteiger partial charge is 0.147 e. The fourth-order valence-electron chi connectivity index (χ4n) is 3.16. The van der Waals surface area contributed by atoms with Gasteiger partial charge in [0.15, 0.2) is 0 Å². The third-order valence-corrected chi connectivity index (χ3v) is 4.35. The molecule has 3 aromatic rings. The van der Waals surface area contributed by atoms with E-state index >= 15 is 0 Å². The zero-order valence-corrected chi connectivity index (χ0v) is 13.3. The van der Waals surface area contributed by atoms with Gasteiger partial charge in [0.05, 0.1) is 12.3 Å². The predicted molar refractivity (Wildman–Crippen MR) is 91.3 cm³/mol. The molecule has 0 N–H and O–H groups in total. The van der Waals surface area contributed by atoms with Gasteiger partial charge in [0.2, 0.25) is 0 Å². The Morgan fingerprint density at radius 3 is 2.62 bits per heavy atom. The molecule has 0 saturated carbocycles. The summed E-state index contributed by atoms with van der Waals surface area (Å²) < 4.78 is 21.7. The van der Waals surface area contributed by atoms with Crippen LogP contribution >= 0.6 is 0 Å². The van der Waals surface area contributed by atoms with Gasteiger partial charge in [0.25, 0.3) is 0 Å². The van der Waals surface area contributed by atoms with Gasteiger partial charge in [-0.15, -0.1) is 0 Å². The molecule has 1 atom stereocenters. The first kappa shape index (κ1) is 15.1. The Morgan fingerprint density at radius 1 is 1.00 bits per heavy atom. The number of rotatable bonds is 4. The molecule has 24 heavy (non-hydrogen) atoms. The normalized spacial score (nSPS) is 18.1. The van der Waals surface area contributed by atoms with Crippen molar-refractivity contribution in [3.05, 3.63) is 90.0 Å². The monoisotopic (exact) mass is 322 g/mol. The van der Waals surface area contributed by atoms with Gasteiger partial charge in [-0.05, 0) is 23.8 Å². The number of nitrogens with zero attached hydrogens (tertiary/aromatic N) is 2. The Hall–Kier alpha value is -2.43. The quantitative estimate of drug-likeness (QED) is 0.718. The van der Waals surface area contributed by atoms with Gasteiger partial charge in [-0.3, -0.25) is 4.90 Å². The lowest BCUT2D eigenvalue weighted by Gasteiger charge is -2.22. The van der Waals surface area contributed by atoms with Gasteiger partial charge in [0.1, 0.15) is 12.0 Å². The second-order valence-corrected chi connectivity index (χ2v) is 5.98. The Balaban J connectivity index is 1.56. The maximum atomic E-state index is 14.0. The number of benzene rings is 2. The third kappa shape index (κ3) is 2.98. The lowest BCUT2D eigenvalue weighted by atomic mass is 10.2. The second kappa shape index (κ2) is 6.59. The van der Waals surface area contributed by atoms with Crippen LogP contribution in [0.4, 0.5) is 4.39 Å². The van der Waals surface area contributed by atoms with E-state index in [2.05, 4.69) is 29.2 Å². The van der Waals surface area contributed by atoms with E-state index in [9.17, 15) is 4.39 Å². The summed E-state index contributed by atoms with van der Waals surface area (Å²) >= 11 is 0.